The highest BCUT2D eigenvalue weighted by Gasteiger charge is 2.22. The molecule has 6 heteroatoms. The van der Waals surface area contributed by atoms with Crippen LogP contribution in [0.15, 0.2) is 36.5 Å². The van der Waals surface area contributed by atoms with Crippen LogP contribution in [-0.2, 0) is 4.74 Å². The second-order valence-corrected chi connectivity index (χ2v) is 7.50. The van der Waals surface area contributed by atoms with Crippen molar-refractivity contribution in [3.8, 4) is 0 Å². The molecule has 4 rings (SSSR count). The van der Waals surface area contributed by atoms with E-state index in [2.05, 4.69) is 46.8 Å². The average Bonchev–Trinajstić information content (AvgIpc) is 2.76. The van der Waals surface area contributed by atoms with E-state index in [1.807, 2.05) is 23.2 Å². The number of morpholine rings is 1. The maximum Gasteiger partial charge on any atom is 0.272 e. The van der Waals surface area contributed by atoms with Gasteiger partial charge in [-0.25, -0.2) is 4.98 Å². The molecule has 3 heterocycles. The number of benzene rings is 1. The van der Waals surface area contributed by atoms with E-state index in [1.165, 1.54) is 16.8 Å². The SMILES string of the molecule is Cc1cccc(N2CCN(c3ccc(C(=O)N4CCOCC4)nc3)CC2)c1C. The van der Waals surface area contributed by atoms with Crippen LogP contribution in [0.5, 0.6) is 0 Å². The number of ether oxygens (including phenoxy) is 1. The molecule has 0 N–H and O–H groups in total. The zero-order valence-corrected chi connectivity index (χ0v) is 16.7. The smallest absolute Gasteiger partial charge is 0.272 e. The molecular formula is C22H28N4O2. The van der Waals surface area contributed by atoms with Gasteiger partial charge in [0.05, 0.1) is 25.1 Å². The van der Waals surface area contributed by atoms with E-state index in [4.69, 9.17) is 4.74 Å². The van der Waals surface area contributed by atoms with Gasteiger partial charge < -0.3 is 19.4 Å². The van der Waals surface area contributed by atoms with Gasteiger partial charge in [0, 0.05) is 45.0 Å². The van der Waals surface area contributed by atoms with E-state index in [9.17, 15) is 4.79 Å². The molecule has 0 atom stereocenters. The first-order valence-electron chi connectivity index (χ1n) is 10.0. The number of aromatic nitrogens is 1. The monoisotopic (exact) mass is 380 g/mol. The lowest BCUT2D eigenvalue weighted by Gasteiger charge is -2.38. The lowest BCUT2D eigenvalue weighted by molar-refractivity contribution is 0.0299. The molecule has 0 bridgehead atoms. The van der Waals surface area contributed by atoms with E-state index in [-0.39, 0.29) is 5.91 Å². The standard InChI is InChI=1S/C22H28N4O2/c1-17-4-3-5-21(18(17)2)25-10-8-24(9-11-25)19-6-7-20(23-16-19)22(27)26-12-14-28-15-13-26/h3-7,16H,8-15H2,1-2H3. The molecule has 28 heavy (non-hydrogen) atoms. The first kappa shape index (κ1) is 18.7. The lowest BCUT2D eigenvalue weighted by atomic mass is 10.1. The molecular weight excluding hydrogens is 352 g/mol. The highest BCUT2D eigenvalue weighted by molar-refractivity contribution is 5.92. The van der Waals surface area contributed by atoms with Gasteiger partial charge in [-0.3, -0.25) is 4.79 Å². The number of carbonyl (C=O) groups is 1. The van der Waals surface area contributed by atoms with Crippen LogP contribution in [0.25, 0.3) is 0 Å². The maximum absolute atomic E-state index is 12.5. The van der Waals surface area contributed by atoms with Gasteiger partial charge in [0.1, 0.15) is 5.69 Å². The number of amides is 1. The van der Waals surface area contributed by atoms with Crippen molar-refractivity contribution in [2.75, 3.05) is 62.3 Å². The van der Waals surface area contributed by atoms with E-state index in [0.717, 1.165) is 31.9 Å². The Morgan fingerprint density at radius 2 is 1.64 bits per heavy atom. The summed E-state index contributed by atoms with van der Waals surface area (Å²) < 4.78 is 5.31. The van der Waals surface area contributed by atoms with Gasteiger partial charge in [-0.05, 0) is 43.2 Å². The molecule has 148 valence electrons. The third kappa shape index (κ3) is 3.83. The highest BCUT2D eigenvalue weighted by atomic mass is 16.5. The Morgan fingerprint density at radius 3 is 2.32 bits per heavy atom. The summed E-state index contributed by atoms with van der Waals surface area (Å²) in [4.78, 5) is 23.6. The summed E-state index contributed by atoms with van der Waals surface area (Å²) in [5.74, 6) is -0.00501. The molecule has 2 aliphatic heterocycles. The highest BCUT2D eigenvalue weighted by Crippen LogP contribution is 2.25. The molecule has 1 aromatic carbocycles. The van der Waals surface area contributed by atoms with Gasteiger partial charge in [-0.15, -0.1) is 0 Å². The second kappa shape index (κ2) is 8.19. The fourth-order valence-electron chi connectivity index (χ4n) is 3.91. The zero-order chi connectivity index (χ0) is 19.5. The van der Waals surface area contributed by atoms with Crippen LogP contribution in [0.2, 0.25) is 0 Å². The first-order valence-corrected chi connectivity index (χ1v) is 10.0. The predicted molar refractivity (Wildman–Crippen MR) is 111 cm³/mol. The number of hydrogen-bond donors (Lipinski definition) is 0. The van der Waals surface area contributed by atoms with Crippen molar-refractivity contribution in [1.29, 1.82) is 0 Å². The van der Waals surface area contributed by atoms with Crippen LogP contribution in [0.4, 0.5) is 11.4 Å². The van der Waals surface area contributed by atoms with Crippen LogP contribution in [-0.4, -0.2) is 68.3 Å². The summed E-state index contributed by atoms with van der Waals surface area (Å²) in [6.45, 7) is 10.7. The summed E-state index contributed by atoms with van der Waals surface area (Å²) in [6, 6.07) is 10.4. The van der Waals surface area contributed by atoms with Crippen LogP contribution in [0.3, 0.4) is 0 Å². The van der Waals surface area contributed by atoms with E-state index >= 15 is 0 Å². The van der Waals surface area contributed by atoms with Gasteiger partial charge in [-0.1, -0.05) is 12.1 Å². The molecule has 0 spiro atoms. The van der Waals surface area contributed by atoms with Gasteiger partial charge in [-0.2, -0.15) is 0 Å². The second-order valence-electron chi connectivity index (χ2n) is 7.50. The Morgan fingerprint density at radius 1 is 0.929 bits per heavy atom. The average molecular weight is 380 g/mol. The number of carbonyl (C=O) groups excluding carboxylic acids is 1. The van der Waals surface area contributed by atoms with Crippen LogP contribution in [0.1, 0.15) is 21.6 Å². The molecule has 2 aliphatic rings. The quantitative estimate of drug-likeness (QED) is 0.819. The third-order valence-corrected chi connectivity index (χ3v) is 5.83. The molecule has 0 aliphatic carbocycles. The Bertz CT molecular complexity index is 823. The molecule has 0 saturated carbocycles. The maximum atomic E-state index is 12.5. The minimum atomic E-state index is -0.00501. The van der Waals surface area contributed by atoms with Crippen molar-refractivity contribution < 1.29 is 9.53 Å². The summed E-state index contributed by atoms with van der Waals surface area (Å²) in [5, 5.41) is 0. The third-order valence-electron chi connectivity index (χ3n) is 5.83. The summed E-state index contributed by atoms with van der Waals surface area (Å²) in [5.41, 5.74) is 5.64. The zero-order valence-electron chi connectivity index (χ0n) is 16.7. The molecule has 1 aromatic heterocycles. The molecule has 2 fully saturated rings. The van der Waals surface area contributed by atoms with Crippen molar-refractivity contribution in [2.24, 2.45) is 0 Å². The topological polar surface area (TPSA) is 48.9 Å². The Hall–Kier alpha value is -2.60. The number of hydrogen-bond acceptors (Lipinski definition) is 5. The predicted octanol–water partition coefficient (Wildman–Crippen LogP) is 2.50. The molecule has 0 radical (unpaired) electrons. The van der Waals surface area contributed by atoms with E-state index in [0.29, 0.717) is 32.0 Å². The molecule has 2 aromatic rings. The van der Waals surface area contributed by atoms with E-state index < -0.39 is 0 Å². The fourth-order valence-corrected chi connectivity index (χ4v) is 3.91. The minimum absolute atomic E-state index is 0.00501. The number of piperazine rings is 1. The van der Waals surface area contributed by atoms with Crippen molar-refractivity contribution >= 4 is 17.3 Å². The summed E-state index contributed by atoms with van der Waals surface area (Å²) >= 11 is 0. The van der Waals surface area contributed by atoms with Crippen LogP contribution < -0.4 is 9.80 Å². The summed E-state index contributed by atoms with van der Waals surface area (Å²) in [6.07, 6.45) is 1.83. The largest absolute Gasteiger partial charge is 0.378 e. The van der Waals surface area contributed by atoms with Gasteiger partial charge in [0.25, 0.3) is 5.91 Å². The van der Waals surface area contributed by atoms with Crippen LogP contribution in [0, 0.1) is 13.8 Å². The number of rotatable bonds is 3. The Labute approximate surface area is 166 Å². The summed E-state index contributed by atoms with van der Waals surface area (Å²) in [7, 11) is 0. The normalized spacial score (nSPS) is 17.7. The van der Waals surface area contributed by atoms with Crippen molar-refractivity contribution in [1.82, 2.24) is 9.88 Å². The Kier molecular flexibility index (Phi) is 5.48. The van der Waals surface area contributed by atoms with Gasteiger partial charge >= 0.3 is 0 Å². The molecule has 6 nitrogen and oxygen atoms in total. The molecule has 2 saturated heterocycles. The Balaban J connectivity index is 1.38. The van der Waals surface area contributed by atoms with Crippen LogP contribution >= 0.6 is 0 Å². The first-order chi connectivity index (χ1) is 13.6. The van der Waals surface area contributed by atoms with Gasteiger partial charge in [0.15, 0.2) is 0 Å². The fraction of sp³-hybridized carbons (Fsp3) is 0.455. The number of anilines is 2. The lowest BCUT2D eigenvalue weighted by Crippen LogP contribution is -2.46. The van der Waals surface area contributed by atoms with Crippen molar-refractivity contribution in [3.63, 3.8) is 0 Å². The van der Waals surface area contributed by atoms with Crippen molar-refractivity contribution in [2.45, 2.75) is 13.8 Å². The van der Waals surface area contributed by atoms with Gasteiger partial charge in [0.2, 0.25) is 0 Å². The minimum Gasteiger partial charge on any atom is -0.378 e. The molecule has 0 unspecified atom stereocenters. The number of nitrogens with zero attached hydrogens (tertiary/aromatic N) is 4. The van der Waals surface area contributed by atoms with Crippen molar-refractivity contribution in [3.05, 3.63) is 53.3 Å². The molecule has 1 amide bonds. The van der Waals surface area contributed by atoms with E-state index in [1.54, 1.807) is 0 Å². The number of aryl methyl sites for hydroxylation is 1. The number of pyridine rings is 1.